The van der Waals surface area contributed by atoms with Gasteiger partial charge in [0.2, 0.25) is 0 Å². The Morgan fingerprint density at radius 1 is 1.41 bits per heavy atom. The predicted molar refractivity (Wildman–Crippen MR) is 77.3 cm³/mol. The Balaban J connectivity index is 2.76. The first-order chi connectivity index (χ1) is 7.86. The third-order valence-electron chi connectivity index (χ3n) is 3.25. The summed E-state index contributed by atoms with van der Waals surface area (Å²) in [5, 5.41) is 4.35. The van der Waals surface area contributed by atoms with Crippen LogP contribution in [0, 0.1) is 5.41 Å². The molecule has 2 atom stereocenters. The highest BCUT2D eigenvalue weighted by molar-refractivity contribution is 7.07. The smallest absolute Gasteiger partial charge is 0.0295 e. The highest BCUT2D eigenvalue weighted by atomic mass is 32.1. The van der Waals surface area contributed by atoms with Crippen molar-refractivity contribution in [3.8, 4) is 0 Å². The molecule has 0 saturated heterocycles. The maximum Gasteiger partial charge on any atom is 0.0295 e. The fraction of sp³-hybridized carbons (Fsp3) is 0.714. The molecular weight excluding hydrogens is 228 g/mol. The molecule has 0 aliphatic heterocycles. The second-order valence-electron chi connectivity index (χ2n) is 5.93. The monoisotopic (exact) mass is 254 g/mol. The Hall–Kier alpha value is -0.380. The molecule has 0 aliphatic carbocycles. The first-order valence-corrected chi connectivity index (χ1v) is 7.27. The Labute approximate surface area is 110 Å². The summed E-state index contributed by atoms with van der Waals surface area (Å²) in [5.41, 5.74) is 7.89. The molecule has 2 unspecified atom stereocenters. The molecular formula is C14H26N2S. The van der Waals surface area contributed by atoms with Crippen molar-refractivity contribution in [1.82, 2.24) is 4.90 Å². The van der Waals surface area contributed by atoms with Crippen LogP contribution in [0.3, 0.4) is 0 Å². The van der Waals surface area contributed by atoms with E-state index in [9.17, 15) is 0 Å². The average Bonchev–Trinajstić information content (AvgIpc) is 2.67. The largest absolute Gasteiger partial charge is 0.326 e. The standard InChI is InChI=1S/C14H26N2S/c1-6-12(15)13(14(2,3)4)16(5)9-11-7-8-17-10-11/h7-8,10,12-13H,6,9,15H2,1-5H3. The van der Waals surface area contributed by atoms with Gasteiger partial charge in [0.25, 0.3) is 0 Å². The molecule has 0 bridgehead atoms. The summed E-state index contributed by atoms with van der Waals surface area (Å²) in [7, 11) is 2.18. The van der Waals surface area contributed by atoms with Crippen molar-refractivity contribution in [2.75, 3.05) is 7.05 Å². The first-order valence-electron chi connectivity index (χ1n) is 6.33. The van der Waals surface area contributed by atoms with E-state index in [1.807, 2.05) is 0 Å². The number of nitrogens with two attached hydrogens (primary N) is 1. The lowest BCUT2D eigenvalue weighted by atomic mass is 9.80. The van der Waals surface area contributed by atoms with Crippen molar-refractivity contribution < 1.29 is 0 Å². The summed E-state index contributed by atoms with van der Waals surface area (Å²) in [5.74, 6) is 0. The fourth-order valence-corrected chi connectivity index (χ4v) is 3.28. The van der Waals surface area contributed by atoms with Gasteiger partial charge in [0.1, 0.15) is 0 Å². The van der Waals surface area contributed by atoms with Gasteiger partial charge in [-0.2, -0.15) is 11.3 Å². The number of thiophene rings is 1. The zero-order chi connectivity index (χ0) is 13.1. The number of rotatable bonds is 5. The van der Waals surface area contributed by atoms with Gasteiger partial charge in [-0.05, 0) is 41.3 Å². The van der Waals surface area contributed by atoms with Gasteiger partial charge in [0.05, 0.1) is 0 Å². The van der Waals surface area contributed by atoms with E-state index in [2.05, 4.69) is 56.5 Å². The molecule has 1 heterocycles. The maximum atomic E-state index is 6.29. The minimum absolute atomic E-state index is 0.209. The van der Waals surface area contributed by atoms with E-state index < -0.39 is 0 Å². The summed E-state index contributed by atoms with van der Waals surface area (Å²) >= 11 is 1.76. The maximum absolute atomic E-state index is 6.29. The lowest BCUT2D eigenvalue weighted by Gasteiger charge is -2.41. The second-order valence-corrected chi connectivity index (χ2v) is 6.71. The van der Waals surface area contributed by atoms with E-state index in [4.69, 9.17) is 5.73 Å². The van der Waals surface area contributed by atoms with Crippen molar-refractivity contribution >= 4 is 11.3 Å². The summed E-state index contributed by atoms with van der Waals surface area (Å²) in [6.45, 7) is 9.98. The van der Waals surface area contributed by atoms with E-state index >= 15 is 0 Å². The van der Waals surface area contributed by atoms with Gasteiger partial charge in [0, 0.05) is 18.6 Å². The molecule has 0 saturated carbocycles. The van der Waals surface area contributed by atoms with Crippen LogP contribution in [0.15, 0.2) is 16.8 Å². The van der Waals surface area contributed by atoms with E-state index in [1.165, 1.54) is 5.56 Å². The molecule has 1 rings (SSSR count). The van der Waals surface area contributed by atoms with Crippen LogP contribution in [0.5, 0.6) is 0 Å². The van der Waals surface area contributed by atoms with Gasteiger partial charge in [-0.25, -0.2) is 0 Å². The van der Waals surface area contributed by atoms with E-state index in [1.54, 1.807) is 11.3 Å². The lowest BCUT2D eigenvalue weighted by molar-refractivity contribution is 0.0940. The van der Waals surface area contributed by atoms with E-state index in [0.29, 0.717) is 6.04 Å². The lowest BCUT2D eigenvalue weighted by Crippen LogP contribution is -2.52. The highest BCUT2D eigenvalue weighted by Gasteiger charge is 2.32. The molecule has 3 heteroatoms. The van der Waals surface area contributed by atoms with E-state index in [0.717, 1.165) is 13.0 Å². The third-order valence-corrected chi connectivity index (χ3v) is 3.98. The molecule has 2 nitrogen and oxygen atoms in total. The second kappa shape index (κ2) is 5.98. The van der Waals surface area contributed by atoms with Gasteiger partial charge in [-0.1, -0.05) is 27.7 Å². The van der Waals surface area contributed by atoms with Gasteiger partial charge in [-0.15, -0.1) is 0 Å². The molecule has 1 aromatic rings. The van der Waals surface area contributed by atoms with Crippen molar-refractivity contribution in [3.05, 3.63) is 22.4 Å². The van der Waals surface area contributed by atoms with Crippen LogP contribution in [-0.2, 0) is 6.54 Å². The number of likely N-dealkylation sites (N-methyl/N-ethyl adjacent to an activating group) is 1. The minimum Gasteiger partial charge on any atom is -0.326 e. The van der Waals surface area contributed by atoms with E-state index in [-0.39, 0.29) is 11.5 Å². The Bertz CT molecular complexity index is 313. The minimum atomic E-state index is 0.209. The summed E-state index contributed by atoms with van der Waals surface area (Å²) in [6.07, 6.45) is 1.02. The third kappa shape index (κ3) is 4.09. The predicted octanol–water partition coefficient (Wildman–Crippen LogP) is 3.33. The van der Waals surface area contributed by atoms with Crippen LogP contribution in [0.4, 0.5) is 0 Å². The molecule has 1 aromatic heterocycles. The SMILES string of the molecule is CCC(N)C(N(C)Cc1ccsc1)C(C)(C)C. The molecule has 0 aliphatic rings. The average molecular weight is 254 g/mol. The summed E-state index contributed by atoms with van der Waals surface area (Å²) < 4.78 is 0. The molecule has 0 aromatic carbocycles. The van der Waals surface area contributed by atoms with Crippen molar-refractivity contribution in [2.24, 2.45) is 11.1 Å². The Morgan fingerprint density at radius 3 is 2.47 bits per heavy atom. The van der Waals surface area contributed by atoms with Gasteiger partial charge in [0.15, 0.2) is 0 Å². The number of hydrogen-bond acceptors (Lipinski definition) is 3. The van der Waals surface area contributed by atoms with Crippen LogP contribution in [-0.4, -0.2) is 24.0 Å². The Kier molecular flexibility index (Phi) is 5.17. The first kappa shape index (κ1) is 14.7. The molecule has 0 fully saturated rings. The molecule has 0 spiro atoms. The Morgan fingerprint density at radius 2 is 2.06 bits per heavy atom. The van der Waals surface area contributed by atoms with Crippen molar-refractivity contribution in [1.29, 1.82) is 0 Å². The summed E-state index contributed by atoms with van der Waals surface area (Å²) in [6, 6.07) is 2.84. The van der Waals surface area contributed by atoms with Crippen LogP contribution in [0.1, 0.15) is 39.7 Å². The van der Waals surface area contributed by atoms with Crippen LogP contribution < -0.4 is 5.73 Å². The van der Waals surface area contributed by atoms with Gasteiger partial charge in [-0.3, -0.25) is 4.90 Å². The normalized spacial score (nSPS) is 16.2. The van der Waals surface area contributed by atoms with Crippen molar-refractivity contribution in [2.45, 2.75) is 52.7 Å². The zero-order valence-corrected chi connectivity index (χ0v) is 12.6. The highest BCUT2D eigenvalue weighted by Crippen LogP contribution is 2.28. The molecule has 2 N–H and O–H groups in total. The zero-order valence-electron chi connectivity index (χ0n) is 11.7. The molecule has 17 heavy (non-hydrogen) atoms. The number of hydrogen-bond donors (Lipinski definition) is 1. The van der Waals surface area contributed by atoms with Crippen LogP contribution in [0.2, 0.25) is 0 Å². The van der Waals surface area contributed by atoms with Crippen molar-refractivity contribution in [3.63, 3.8) is 0 Å². The van der Waals surface area contributed by atoms with Crippen LogP contribution in [0.25, 0.3) is 0 Å². The topological polar surface area (TPSA) is 29.3 Å². The van der Waals surface area contributed by atoms with Gasteiger partial charge >= 0.3 is 0 Å². The summed E-state index contributed by atoms with van der Waals surface area (Å²) in [4.78, 5) is 2.40. The molecule has 0 amide bonds. The van der Waals surface area contributed by atoms with Crippen LogP contribution >= 0.6 is 11.3 Å². The molecule has 98 valence electrons. The van der Waals surface area contributed by atoms with Gasteiger partial charge < -0.3 is 5.73 Å². The number of nitrogens with zero attached hydrogens (tertiary/aromatic N) is 1. The quantitative estimate of drug-likeness (QED) is 0.873. The molecule has 0 radical (unpaired) electrons. The fourth-order valence-electron chi connectivity index (χ4n) is 2.62.